The predicted octanol–water partition coefficient (Wildman–Crippen LogP) is 4.35. The number of benzene rings is 1. The van der Waals surface area contributed by atoms with Crippen LogP contribution in [-0.4, -0.2) is 47.5 Å². The van der Waals surface area contributed by atoms with Gasteiger partial charge in [-0.15, -0.1) is 0 Å². The lowest BCUT2D eigenvalue weighted by Crippen LogP contribution is -2.54. The number of ether oxygens (including phenoxy) is 1. The van der Waals surface area contributed by atoms with Crippen molar-refractivity contribution in [3.05, 3.63) is 35.4 Å². The number of alkyl carbamates (subject to hydrolysis) is 1. The number of rotatable bonds is 10. The van der Waals surface area contributed by atoms with E-state index in [2.05, 4.69) is 17.6 Å². The van der Waals surface area contributed by atoms with Gasteiger partial charge >= 0.3 is 6.09 Å². The van der Waals surface area contributed by atoms with Crippen molar-refractivity contribution < 1.29 is 19.1 Å². The number of hydrogen-bond acceptors (Lipinski definition) is 4. The van der Waals surface area contributed by atoms with Crippen LogP contribution in [0.1, 0.15) is 78.5 Å². The molecule has 2 unspecified atom stereocenters. The molecule has 0 aliphatic rings. The SMILES string of the molecule is CCCCNC(=O)C(c1cccc(C)c1)N(CC)C(=O)C(NC(=O)OC(C)(C)C)C(C)C. The van der Waals surface area contributed by atoms with Gasteiger partial charge in [0.25, 0.3) is 0 Å². The smallest absolute Gasteiger partial charge is 0.408 e. The minimum Gasteiger partial charge on any atom is -0.444 e. The van der Waals surface area contributed by atoms with Gasteiger partial charge in [-0.2, -0.15) is 0 Å². The van der Waals surface area contributed by atoms with Crippen LogP contribution in [-0.2, 0) is 14.3 Å². The summed E-state index contributed by atoms with van der Waals surface area (Å²) in [6.45, 7) is 15.7. The van der Waals surface area contributed by atoms with Crippen LogP contribution in [0.25, 0.3) is 0 Å². The molecule has 0 spiro atoms. The third kappa shape index (κ3) is 8.52. The topological polar surface area (TPSA) is 87.7 Å². The van der Waals surface area contributed by atoms with E-state index in [0.717, 1.165) is 24.0 Å². The Morgan fingerprint density at radius 3 is 2.28 bits per heavy atom. The zero-order valence-electron chi connectivity index (χ0n) is 21.0. The molecule has 0 heterocycles. The lowest BCUT2D eigenvalue weighted by Gasteiger charge is -2.35. The van der Waals surface area contributed by atoms with Gasteiger partial charge in [0.05, 0.1) is 0 Å². The maximum absolute atomic E-state index is 13.6. The molecule has 0 saturated heterocycles. The number of carbonyl (C=O) groups is 3. The molecular weight excluding hydrogens is 406 g/mol. The Morgan fingerprint density at radius 2 is 1.78 bits per heavy atom. The average molecular weight is 448 g/mol. The lowest BCUT2D eigenvalue weighted by molar-refractivity contribution is -0.143. The fourth-order valence-corrected chi connectivity index (χ4v) is 3.39. The molecule has 7 heteroatoms. The fourth-order valence-electron chi connectivity index (χ4n) is 3.39. The minimum absolute atomic E-state index is 0.189. The van der Waals surface area contributed by atoms with E-state index in [1.54, 1.807) is 20.8 Å². The Morgan fingerprint density at radius 1 is 1.12 bits per heavy atom. The summed E-state index contributed by atoms with van der Waals surface area (Å²) in [6.07, 6.45) is 1.17. The molecule has 0 radical (unpaired) electrons. The van der Waals surface area contributed by atoms with Crippen LogP contribution in [0, 0.1) is 12.8 Å². The summed E-state index contributed by atoms with van der Waals surface area (Å²) in [5.74, 6) is -0.727. The van der Waals surface area contributed by atoms with Crippen molar-refractivity contribution in [1.82, 2.24) is 15.5 Å². The van der Waals surface area contributed by atoms with E-state index in [0.29, 0.717) is 13.1 Å². The molecular formula is C25H41N3O4. The second kappa shape index (κ2) is 12.5. The highest BCUT2D eigenvalue weighted by atomic mass is 16.6. The van der Waals surface area contributed by atoms with Gasteiger partial charge in [-0.05, 0) is 52.5 Å². The summed E-state index contributed by atoms with van der Waals surface area (Å²) in [4.78, 5) is 40.8. The minimum atomic E-state index is -0.819. The number of carbonyl (C=O) groups excluding carboxylic acids is 3. The van der Waals surface area contributed by atoms with E-state index >= 15 is 0 Å². The molecule has 32 heavy (non-hydrogen) atoms. The van der Waals surface area contributed by atoms with Crippen LogP contribution in [0.3, 0.4) is 0 Å². The molecule has 1 aromatic carbocycles. The third-order valence-electron chi connectivity index (χ3n) is 4.98. The monoisotopic (exact) mass is 447 g/mol. The van der Waals surface area contributed by atoms with Crippen molar-refractivity contribution in [2.45, 2.75) is 85.9 Å². The van der Waals surface area contributed by atoms with Crippen molar-refractivity contribution in [2.24, 2.45) is 5.92 Å². The van der Waals surface area contributed by atoms with Crippen LogP contribution in [0.15, 0.2) is 24.3 Å². The molecule has 0 bridgehead atoms. The van der Waals surface area contributed by atoms with Gasteiger partial charge < -0.3 is 20.3 Å². The zero-order chi connectivity index (χ0) is 24.5. The summed E-state index contributed by atoms with van der Waals surface area (Å²) in [5.41, 5.74) is 1.07. The Balaban J connectivity index is 3.26. The molecule has 0 fully saturated rings. The summed E-state index contributed by atoms with van der Waals surface area (Å²) in [7, 11) is 0. The number of amides is 3. The third-order valence-corrected chi connectivity index (χ3v) is 4.98. The first-order valence-corrected chi connectivity index (χ1v) is 11.6. The van der Waals surface area contributed by atoms with Crippen molar-refractivity contribution in [2.75, 3.05) is 13.1 Å². The zero-order valence-corrected chi connectivity index (χ0v) is 21.0. The van der Waals surface area contributed by atoms with E-state index in [9.17, 15) is 14.4 Å². The molecule has 180 valence electrons. The van der Waals surface area contributed by atoms with Crippen molar-refractivity contribution in [3.63, 3.8) is 0 Å². The molecule has 0 aromatic heterocycles. The summed E-state index contributed by atoms with van der Waals surface area (Å²) < 4.78 is 5.36. The number of nitrogens with zero attached hydrogens (tertiary/aromatic N) is 1. The number of likely N-dealkylation sites (N-methyl/N-ethyl adjacent to an activating group) is 1. The van der Waals surface area contributed by atoms with Crippen molar-refractivity contribution in [1.29, 1.82) is 0 Å². The van der Waals surface area contributed by atoms with E-state index < -0.39 is 23.8 Å². The first-order chi connectivity index (χ1) is 14.9. The van der Waals surface area contributed by atoms with Gasteiger partial charge in [0.15, 0.2) is 0 Å². The van der Waals surface area contributed by atoms with E-state index in [1.165, 1.54) is 4.90 Å². The van der Waals surface area contributed by atoms with Gasteiger partial charge in [0.1, 0.15) is 17.7 Å². The molecule has 7 nitrogen and oxygen atoms in total. The molecule has 2 N–H and O–H groups in total. The Bertz CT molecular complexity index is 771. The van der Waals surface area contributed by atoms with Gasteiger partial charge in [-0.3, -0.25) is 9.59 Å². The number of unbranched alkanes of at least 4 members (excludes halogenated alkanes) is 1. The number of aryl methyl sites for hydroxylation is 1. The standard InChI is InChI=1S/C25H41N3O4/c1-9-11-15-26-22(29)21(19-14-12-13-18(5)16-19)28(10-2)23(30)20(17(3)4)27-24(31)32-25(6,7)8/h12-14,16-17,20-21H,9-11,15H2,1-8H3,(H,26,29)(H,27,31). The van der Waals surface area contributed by atoms with Gasteiger partial charge in [0.2, 0.25) is 11.8 Å². The maximum atomic E-state index is 13.6. The van der Waals surface area contributed by atoms with Gasteiger partial charge in [0, 0.05) is 13.1 Å². The highest BCUT2D eigenvalue weighted by molar-refractivity contribution is 5.92. The lowest BCUT2D eigenvalue weighted by atomic mass is 9.98. The molecule has 0 aliphatic heterocycles. The van der Waals surface area contributed by atoms with E-state index in [4.69, 9.17) is 4.74 Å². The van der Waals surface area contributed by atoms with E-state index in [1.807, 2.05) is 52.0 Å². The van der Waals surface area contributed by atoms with Gasteiger partial charge in [-0.1, -0.05) is 57.0 Å². The van der Waals surface area contributed by atoms with Crippen molar-refractivity contribution >= 4 is 17.9 Å². The van der Waals surface area contributed by atoms with E-state index in [-0.39, 0.29) is 17.7 Å². The van der Waals surface area contributed by atoms with Crippen LogP contribution < -0.4 is 10.6 Å². The summed E-state index contributed by atoms with van der Waals surface area (Å²) in [6, 6.07) is 6.01. The first kappa shape index (κ1) is 27.5. The quantitative estimate of drug-likeness (QED) is 0.522. The molecule has 1 rings (SSSR count). The average Bonchev–Trinajstić information content (AvgIpc) is 2.68. The molecule has 1 aromatic rings. The Kier molecular flexibility index (Phi) is 10.7. The van der Waals surface area contributed by atoms with Crippen molar-refractivity contribution in [3.8, 4) is 0 Å². The van der Waals surface area contributed by atoms with Crippen LogP contribution in [0.5, 0.6) is 0 Å². The van der Waals surface area contributed by atoms with Crippen LogP contribution in [0.2, 0.25) is 0 Å². The van der Waals surface area contributed by atoms with Crippen LogP contribution >= 0.6 is 0 Å². The summed E-state index contributed by atoms with van der Waals surface area (Å²) in [5, 5.41) is 5.68. The second-order valence-electron chi connectivity index (χ2n) is 9.45. The maximum Gasteiger partial charge on any atom is 0.408 e. The highest BCUT2D eigenvalue weighted by Gasteiger charge is 2.36. The number of nitrogens with one attached hydrogen (secondary N) is 2. The second-order valence-corrected chi connectivity index (χ2v) is 9.45. The number of hydrogen-bond donors (Lipinski definition) is 2. The predicted molar refractivity (Wildman–Crippen MR) is 127 cm³/mol. The highest BCUT2D eigenvalue weighted by Crippen LogP contribution is 2.24. The molecule has 0 aliphatic carbocycles. The fraction of sp³-hybridized carbons (Fsp3) is 0.640. The molecule has 3 amide bonds. The molecule has 2 atom stereocenters. The first-order valence-electron chi connectivity index (χ1n) is 11.6. The largest absolute Gasteiger partial charge is 0.444 e. The normalized spacial score (nSPS) is 13.3. The van der Waals surface area contributed by atoms with Crippen LogP contribution in [0.4, 0.5) is 4.79 Å². The summed E-state index contributed by atoms with van der Waals surface area (Å²) >= 11 is 0. The van der Waals surface area contributed by atoms with Gasteiger partial charge in [-0.25, -0.2) is 4.79 Å². The Labute approximate surface area is 193 Å². The molecule has 0 saturated carbocycles. The Hall–Kier alpha value is -2.57.